The Kier molecular flexibility index (Phi) is 4.91. The van der Waals surface area contributed by atoms with Gasteiger partial charge in [-0.1, -0.05) is 12.1 Å². The second-order valence-electron chi connectivity index (χ2n) is 7.54. The van der Waals surface area contributed by atoms with Crippen LogP contribution < -0.4 is 0 Å². The highest BCUT2D eigenvalue weighted by Crippen LogP contribution is 2.18. The van der Waals surface area contributed by atoms with E-state index in [1.165, 1.54) is 11.5 Å². The molecular weight excluding hydrogens is 348 g/mol. The van der Waals surface area contributed by atoms with Crippen LogP contribution in [0, 0.1) is 0 Å². The van der Waals surface area contributed by atoms with E-state index in [0.717, 1.165) is 0 Å². The van der Waals surface area contributed by atoms with E-state index < -0.39 is 5.60 Å². The number of rotatable bonds is 1. The third-order valence-corrected chi connectivity index (χ3v) is 4.29. The van der Waals surface area contributed by atoms with Gasteiger partial charge in [0.2, 0.25) is 11.7 Å². The zero-order valence-electron chi connectivity index (χ0n) is 16.1. The van der Waals surface area contributed by atoms with E-state index in [9.17, 15) is 14.4 Å². The summed E-state index contributed by atoms with van der Waals surface area (Å²) in [6, 6.07) is 7.15. The van der Waals surface area contributed by atoms with Gasteiger partial charge in [0.1, 0.15) is 5.60 Å². The molecule has 8 nitrogen and oxygen atoms in total. The van der Waals surface area contributed by atoms with Crippen LogP contribution in [0.25, 0.3) is 11.0 Å². The highest BCUT2D eigenvalue weighted by atomic mass is 16.6. The van der Waals surface area contributed by atoms with Crippen LogP contribution >= 0.6 is 0 Å². The molecule has 1 fully saturated rings. The Morgan fingerprint density at radius 1 is 1.00 bits per heavy atom. The van der Waals surface area contributed by atoms with E-state index in [4.69, 9.17) is 4.74 Å². The largest absolute Gasteiger partial charge is 0.444 e. The third kappa shape index (κ3) is 3.94. The van der Waals surface area contributed by atoms with Gasteiger partial charge in [-0.05, 0) is 32.9 Å². The molecule has 0 bridgehead atoms. The fourth-order valence-corrected chi connectivity index (χ4v) is 3.05. The molecule has 8 heteroatoms. The lowest BCUT2D eigenvalue weighted by Crippen LogP contribution is -2.52. The van der Waals surface area contributed by atoms with Gasteiger partial charge in [-0.25, -0.2) is 9.78 Å². The summed E-state index contributed by atoms with van der Waals surface area (Å²) < 4.78 is 6.72. The average molecular weight is 372 g/mol. The fourth-order valence-electron chi connectivity index (χ4n) is 3.05. The van der Waals surface area contributed by atoms with Crippen LogP contribution in [-0.4, -0.2) is 69.0 Å². The summed E-state index contributed by atoms with van der Waals surface area (Å²) >= 11 is 0. The normalized spacial score (nSPS) is 15.1. The molecule has 144 valence electrons. The number of amides is 2. The van der Waals surface area contributed by atoms with Gasteiger partial charge < -0.3 is 14.5 Å². The van der Waals surface area contributed by atoms with Crippen molar-refractivity contribution >= 4 is 28.9 Å². The Labute approximate surface area is 157 Å². The molecule has 1 aliphatic heterocycles. The molecule has 0 N–H and O–H groups in total. The summed E-state index contributed by atoms with van der Waals surface area (Å²) in [7, 11) is 0. The zero-order chi connectivity index (χ0) is 19.8. The van der Waals surface area contributed by atoms with Crippen LogP contribution in [0.3, 0.4) is 0 Å². The number of carbonyl (C=O) groups is 3. The number of aromatic nitrogens is 2. The average Bonchev–Trinajstić information content (AvgIpc) is 2.99. The minimum Gasteiger partial charge on any atom is -0.444 e. The van der Waals surface area contributed by atoms with Crippen LogP contribution in [0.2, 0.25) is 0 Å². The van der Waals surface area contributed by atoms with E-state index in [1.54, 1.807) is 28.0 Å². The van der Waals surface area contributed by atoms with Crippen molar-refractivity contribution in [1.82, 2.24) is 19.4 Å². The lowest BCUT2D eigenvalue weighted by molar-refractivity contribution is 0.0139. The molecule has 0 atom stereocenters. The Morgan fingerprint density at radius 2 is 1.59 bits per heavy atom. The predicted molar refractivity (Wildman–Crippen MR) is 99.7 cm³/mol. The van der Waals surface area contributed by atoms with Gasteiger partial charge in [0.05, 0.1) is 11.0 Å². The quantitative estimate of drug-likeness (QED) is 0.767. The molecule has 0 unspecified atom stereocenters. The van der Waals surface area contributed by atoms with Crippen molar-refractivity contribution in [2.24, 2.45) is 0 Å². The number of ether oxygens (including phenoxy) is 1. The molecule has 3 rings (SSSR count). The maximum absolute atomic E-state index is 13.0. The number of para-hydroxylation sites is 2. The van der Waals surface area contributed by atoms with Crippen LogP contribution in [0.1, 0.15) is 43.1 Å². The molecule has 0 spiro atoms. The van der Waals surface area contributed by atoms with Gasteiger partial charge in [0.15, 0.2) is 0 Å². The van der Waals surface area contributed by atoms with E-state index >= 15 is 0 Å². The van der Waals surface area contributed by atoms with Crippen molar-refractivity contribution in [1.29, 1.82) is 0 Å². The monoisotopic (exact) mass is 372 g/mol. The van der Waals surface area contributed by atoms with Crippen molar-refractivity contribution in [3.63, 3.8) is 0 Å². The molecular formula is C19H24N4O4. The second-order valence-corrected chi connectivity index (χ2v) is 7.54. The first-order valence-corrected chi connectivity index (χ1v) is 8.93. The van der Waals surface area contributed by atoms with E-state index in [2.05, 4.69) is 4.98 Å². The Hall–Kier alpha value is -2.90. The van der Waals surface area contributed by atoms with Crippen molar-refractivity contribution < 1.29 is 19.1 Å². The zero-order valence-corrected chi connectivity index (χ0v) is 16.1. The van der Waals surface area contributed by atoms with Gasteiger partial charge >= 0.3 is 6.09 Å². The van der Waals surface area contributed by atoms with Crippen molar-refractivity contribution in [2.45, 2.75) is 33.3 Å². The molecule has 2 heterocycles. The summed E-state index contributed by atoms with van der Waals surface area (Å²) in [6.07, 6.45) is -0.384. The number of benzene rings is 1. The molecule has 2 amide bonds. The van der Waals surface area contributed by atoms with E-state index in [1.807, 2.05) is 26.8 Å². The first-order chi connectivity index (χ1) is 12.7. The fraction of sp³-hybridized carbons (Fsp3) is 0.474. The predicted octanol–water partition coefficient (Wildman–Crippen LogP) is 2.39. The third-order valence-electron chi connectivity index (χ3n) is 4.29. The molecule has 1 aromatic carbocycles. The van der Waals surface area contributed by atoms with Gasteiger partial charge in [-0.3, -0.25) is 14.2 Å². The number of hydrogen-bond acceptors (Lipinski definition) is 5. The van der Waals surface area contributed by atoms with Gasteiger partial charge in [0, 0.05) is 33.1 Å². The molecule has 1 saturated heterocycles. The standard InChI is InChI=1S/C19H24N4O4/c1-13(24)23-15-8-6-5-7-14(15)20-16(23)17(25)21-9-11-22(12-10-21)18(26)27-19(2,3)4/h5-8H,9-12H2,1-4H3. The molecule has 1 aromatic heterocycles. The van der Waals surface area contributed by atoms with Crippen LogP contribution in [0.4, 0.5) is 4.79 Å². The first kappa shape index (κ1) is 18.9. The molecule has 1 aliphatic rings. The van der Waals surface area contributed by atoms with E-state index in [0.29, 0.717) is 37.2 Å². The maximum Gasteiger partial charge on any atom is 0.410 e. The minimum atomic E-state index is -0.559. The minimum absolute atomic E-state index is 0.106. The second kappa shape index (κ2) is 7.02. The van der Waals surface area contributed by atoms with Crippen molar-refractivity contribution in [2.75, 3.05) is 26.2 Å². The number of nitrogens with zero attached hydrogens (tertiary/aromatic N) is 4. The Morgan fingerprint density at radius 3 is 2.19 bits per heavy atom. The summed E-state index contributed by atoms with van der Waals surface area (Å²) in [4.78, 5) is 44.8. The molecule has 0 radical (unpaired) electrons. The summed E-state index contributed by atoms with van der Waals surface area (Å²) in [5.74, 6) is -0.473. The van der Waals surface area contributed by atoms with Crippen LogP contribution in [0.15, 0.2) is 24.3 Å². The highest BCUT2D eigenvalue weighted by molar-refractivity contribution is 6.01. The first-order valence-electron chi connectivity index (χ1n) is 8.93. The lowest BCUT2D eigenvalue weighted by atomic mass is 10.2. The number of hydrogen-bond donors (Lipinski definition) is 0. The van der Waals surface area contributed by atoms with Gasteiger partial charge in [0.25, 0.3) is 5.91 Å². The summed E-state index contributed by atoms with van der Waals surface area (Å²) in [6.45, 7) is 8.33. The highest BCUT2D eigenvalue weighted by Gasteiger charge is 2.30. The Balaban J connectivity index is 1.75. The molecule has 0 saturated carbocycles. The SMILES string of the molecule is CC(=O)n1c(C(=O)N2CCN(C(=O)OC(C)(C)C)CC2)nc2ccccc21. The van der Waals surface area contributed by atoms with E-state index in [-0.39, 0.29) is 23.7 Å². The maximum atomic E-state index is 13.0. The van der Waals surface area contributed by atoms with Crippen molar-refractivity contribution in [3.05, 3.63) is 30.1 Å². The Bertz CT molecular complexity index is 889. The number of piperazine rings is 1. The van der Waals surface area contributed by atoms with Gasteiger partial charge in [-0.2, -0.15) is 0 Å². The smallest absolute Gasteiger partial charge is 0.410 e. The van der Waals surface area contributed by atoms with Crippen molar-refractivity contribution in [3.8, 4) is 0 Å². The number of fused-ring (bicyclic) bond motifs is 1. The molecule has 0 aliphatic carbocycles. The topological polar surface area (TPSA) is 84.7 Å². The lowest BCUT2D eigenvalue weighted by Gasteiger charge is -2.35. The number of carbonyl (C=O) groups excluding carboxylic acids is 3. The molecule has 27 heavy (non-hydrogen) atoms. The van der Waals surface area contributed by atoms with Crippen LogP contribution in [-0.2, 0) is 4.74 Å². The summed E-state index contributed by atoms with van der Waals surface area (Å²) in [5.41, 5.74) is 0.653. The number of imidazole rings is 1. The van der Waals surface area contributed by atoms with Gasteiger partial charge in [-0.15, -0.1) is 0 Å². The molecule has 2 aromatic rings. The van der Waals surface area contributed by atoms with Crippen LogP contribution in [0.5, 0.6) is 0 Å². The summed E-state index contributed by atoms with van der Waals surface area (Å²) in [5, 5.41) is 0.